The van der Waals surface area contributed by atoms with Crippen molar-refractivity contribution >= 4 is 7.12 Å². The van der Waals surface area contributed by atoms with Crippen molar-refractivity contribution in [3.05, 3.63) is 0 Å². The Bertz CT molecular complexity index is 250. The molecular formula is C9H15BF2O2. The summed E-state index contributed by atoms with van der Waals surface area (Å²) in [6, 6.07) is 0. The van der Waals surface area contributed by atoms with Crippen LogP contribution in [-0.2, 0) is 9.31 Å². The predicted octanol–water partition coefficient (Wildman–Crippen LogP) is 2.49. The van der Waals surface area contributed by atoms with Crippen molar-refractivity contribution < 1.29 is 18.1 Å². The Kier molecular flexibility index (Phi) is 1.85. The van der Waals surface area contributed by atoms with Gasteiger partial charge in [0, 0.05) is 6.42 Å². The predicted molar refractivity (Wildman–Crippen MR) is 49.4 cm³/mol. The van der Waals surface area contributed by atoms with Crippen LogP contribution in [0.5, 0.6) is 0 Å². The van der Waals surface area contributed by atoms with Crippen molar-refractivity contribution in [3.8, 4) is 0 Å². The molecule has 1 aliphatic carbocycles. The van der Waals surface area contributed by atoms with E-state index in [1.54, 1.807) is 0 Å². The van der Waals surface area contributed by atoms with Gasteiger partial charge in [-0.3, -0.25) is 0 Å². The summed E-state index contributed by atoms with van der Waals surface area (Å²) in [6.45, 7) is 7.47. The largest absolute Gasteiger partial charge is 0.467 e. The lowest BCUT2D eigenvalue weighted by Crippen LogP contribution is -2.41. The molecule has 14 heavy (non-hydrogen) atoms. The van der Waals surface area contributed by atoms with Crippen molar-refractivity contribution in [1.82, 2.24) is 0 Å². The van der Waals surface area contributed by atoms with Gasteiger partial charge in [-0.2, -0.15) is 0 Å². The van der Waals surface area contributed by atoms with Crippen molar-refractivity contribution in [2.24, 2.45) is 0 Å². The van der Waals surface area contributed by atoms with Gasteiger partial charge in [0.25, 0.3) is 0 Å². The SMILES string of the molecule is CC1(C)OB([C@@H]2CC2(F)F)OC1(C)C. The van der Waals surface area contributed by atoms with Crippen LogP contribution in [0.4, 0.5) is 8.78 Å². The molecule has 2 fully saturated rings. The number of halogens is 2. The van der Waals surface area contributed by atoms with Gasteiger partial charge in [0.2, 0.25) is 5.92 Å². The fourth-order valence-corrected chi connectivity index (χ4v) is 1.58. The van der Waals surface area contributed by atoms with Gasteiger partial charge >= 0.3 is 7.12 Å². The normalized spacial score (nSPS) is 37.3. The van der Waals surface area contributed by atoms with E-state index in [-0.39, 0.29) is 6.42 Å². The Labute approximate surface area is 83.1 Å². The van der Waals surface area contributed by atoms with Crippen LogP contribution >= 0.6 is 0 Å². The van der Waals surface area contributed by atoms with E-state index in [0.29, 0.717) is 0 Å². The Morgan fingerprint density at radius 1 is 1.07 bits per heavy atom. The van der Waals surface area contributed by atoms with Crippen LogP contribution < -0.4 is 0 Å². The second kappa shape index (κ2) is 2.50. The summed E-state index contributed by atoms with van der Waals surface area (Å²) < 4.78 is 36.6. The maximum atomic E-state index is 12.8. The van der Waals surface area contributed by atoms with Crippen molar-refractivity contribution in [3.63, 3.8) is 0 Å². The number of alkyl halides is 2. The molecule has 2 rings (SSSR count). The van der Waals surface area contributed by atoms with Gasteiger partial charge in [-0.25, -0.2) is 8.78 Å². The maximum absolute atomic E-state index is 12.8. The smallest absolute Gasteiger partial charge is 0.403 e. The van der Waals surface area contributed by atoms with E-state index < -0.39 is 30.1 Å². The fraction of sp³-hybridized carbons (Fsp3) is 1.00. The highest BCUT2D eigenvalue weighted by Gasteiger charge is 2.69. The van der Waals surface area contributed by atoms with Gasteiger partial charge in [-0.1, -0.05) is 0 Å². The van der Waals surface area contributed by atoms with Crippen LogP contribution in [0.15, 0.2) is 0 Å². The third kappa shape index (κ3) is 1.37. The summed E-state index contributed by atoms with van der Waals surface area (Å²) in [5, 5.41) is 0. The molecule has 0 N–H and O–H groups in total. The Balaban J connectivity index is 2.08. The summed E-state index contributed by atoms with van der Waals surface area (Å²) in [6.07, 6.45) is -0.107. The van der Waals surface area contributed by atoms with Gasteiger partial charge in [0.05, 0.1) is 17.0 Å². The first-order valence-corrected chi connectivity index (χ1v) is 4.89. The van der Waals surface area contributed by atoms with Crippen molar-refractivity contribution in [1.29, 1.82) is 0 Å². The van der Waals surface area contributed by atoms with Crippen LogP contribution in [-0.4, -0.2) is 24.2 Å². The molecule has 0 aromatic heterocycles. The van der Waals surface area contributed by atoms with Gasteiger partial charge in [0.1, 0.15) is 0 Å². The van der Waals surface area contributed by atoms with E-state index in [1.807, 2.05) is 27.7 Å². The Hall–Kier alpha value is -0.155. The van der Waals surface area contributed by atoms with Crippen LogP contribution in [0.25, 0.3) is 0 Å². The molecule has 80 valence electrons. The minimum absolute atomic E-state index is 0.107. The average molecular weight is 204 g/mol. The zero-order valence-electron chi connectivity index (χ0n) is 8.93. The van der Waals surface area contributed by atoms with Gasteiger partial charge in [0.15, 0.2) is 0 Å². The highest BCUT2D eigenvalue weighted by Crippen LogP contribution is 2.59. The minimum atomic E-state index is -2.58. The molecule has 0 aromatic rings. The van der Waals surface area contributed by atoms with E-state index in [0.717, 1.165) is 0 Å². The molecule has 1 aliphatic heterocycles. The molecule has 0 unspecified atom stereocenters. The van der Waals surface area contributed by atoms with Gasteiger partial charge in [-0.05, 0) is 27.7 Å². The van der Waals surface area contributed by atoms with Crippen LogP contribution in [0.3, 0.4) is 0 Å². The lowest BCUT2D eigenvalue weighted by molar-refractivity contribution is 0.00578. The quantitative estimate of drug-likeness (QED) is 0.611. The summed E-state index contributed by atoms with van der Waals surface area (Å²) in [5.74, 6) is -3.33. The molecular weight excluding hydrogens is 189 g/mol. The molecule has 2 aliphatic rings. The molecule has 0 bridgehead atoms. The first-order chi connectivity index (χ1) is 6.16. The summed E-state index contributed by atoms with van der Waals surface area (Å²) in [7, 11) is -0.741. The Morgan fingerprint density at radius 3 is 1.71 bits per heavy atom. The van der Waals surface area contributed by atoms with E-state index in [9.17, 15) is 8.78 Å². The highest BCUT2D eigenvalue weighted by molar-refractivity contribution is 6.49. The average Bonchev–Trinajstić information content (AvgIpc) is 2.49. The third-order valence-electron chi connectivity index (χ3n) is 3.47. The zero-order chi connectivity index (χ0) is 10.8. The molecule has 0 amide bonds. The molecule has 2 nitrogen and oxygen atoms in total. The second-order valence-corrected chi connectivity index (χ2v) is 5.20. The standard InChI is InChI=1S/C9H15BF2O2/c1-7(2)8(3,4)14-10(13-7)6-5-9(6,11)12/h6H,5H2,1-4H3/t6-/m1/s1. The lowest BCUT2D eigenvalue weighted by Gasteiger charge is -2.32. The third-order valence-corrected chi connectivity index (χ3v) is 3.47. The van der Waals surface area contributed by atoms with Crippen LogP contribution in [0.1, 0.15) is 34.1 Å². The number of hydrogen-bond donors (Lipinski definition) is 0. The van der Waals surface area contributed by atoms with E-state index in [2.05, 4.69) is 0 Å². The second-order valence-electron chi connectivity index (χ2n) is 5.20. The molecule has 1 heterocycles. The lowest BCUT2D eigenvalue weighted by atomic mass is 9.82. The monoisotopic (exact) mass is 204 g/mol. The molecule has 5 heteroatoms. The van der Waals surface area contributed by atoms with Crippen molar-refractivity contribution in [2.45, 2.75) is 57.1 Å². The van der Waals surface area contributed by atoms with Crippen LogP contribution in [0, 0.1) is 0 Å². The minimum Gasteiger partial charge on any atom is -0.403 e. The highest BCUT2D eigenvalue weighted by atomic mass is 19.3. The Morgan fingerprint density at radius 2 is 1.43 bits per heavy atom. The molecule has 1 saturated heterocycles. The van der Waals surface area contributed by atoms with Crippen LogP contribution in [0.2, 0.25) is 5.82 Å². The van der Waals surface area contributed by atoms with Crippen molar-refractivity contribution in [2.75, 3.05) is 0 Å². The summed E-state index contributed by atoms with van der Waals surface area (Å²) >= 11 is 0. The van der Waals surface area contributed by atoms with Gasteiger partial charge < -0.3 is 9.31 Å². The maximum Gasteiger partial charge on any atom is 0.467 e. The molecule has 0 radical (unpaired) electrons. The first kappa shape index (κ1) is 10.4. The number of rotatable bonds is 1. The number of hydrogen-bond acceptors (Lipinski definition) is 2. The summed E-state index contributed by atoms with van der Waals surface area (Å²) in [5.41, 5.74) is -1.01. The molecule has 1 atom stereocenters. The molecule has 0 aromatic carbocycles. The van der Waals surface area contributed by atoms with E-state index >= 15 is 0 Å². The summed E-state index contributed by atoms with van der Waals surface area (Å²) in [4.78, 5) is 0. The topological polar surface area (TPSA) is 18.5 Å². The van der Waals surface area contributed by atoms with E-state index in [4.69, 9.17) is 9.31 Å². The zero-order valence-corrected chi connectivity index (χ0v) is 8.93. The fourth-order valence-electron chi connectivity index (χ4n) is 1.58. The molecule has 0 spiro atoms. The van der Waals surface area contributed by atoms with E-state index in [1.165, 1.54) is 0 Å². The first-order valence-electron chi connectivity index (χ1n) is 4.89. The van der Waals surface area contributed by atoms with Gasteiger partial charge in [-0.15, -0.1) is 0 Å². The molecule has 1 saturated carbocycles.